The van der Waals surface area contributed by atoms with E-state index < -0.39 is 10.8 Å². The Labute approximate surface area is 106 Å². The van der Waals surface area contributed by atoms with Crippen molar-refractivity contribution in [3.63, 3.8) is 0 Å². The van der Waals surface area contributed by atoms with Gasteiger partial charge >= 0.3 is 0 Å². The predicted octanol–water partition coefficient (Wildman–Crippen LogP) is 0.505. The molecule has 0 bridgehead atoms. The van der Waals surface area contributed by atoms with Crippen LogP contribution in [-0.2, 0) is 15.6 Å². The molecule has 3 atom stereocenters. The van der Waals surface area contributed by atoms with Crippen LogP contribution >= 0.6 is 0 Å². The van der Waals surface area contributed by atoms with Crippen LogP contribution < -0.4 is 10.6 Å². The largest absolute Gasteiger partial charge is 0.352 e. The Morgan fingerprint density at radius 2 is 2.12 bits per heavy atom. The maximum atomic E-state index is 12.4. The summed E-state index contributed by atoms with van der Waals surface area (Å²) in [5, 5.41) is 6.27. The van der Waals surface area contributed by atoms with Crippen LogP contribution in [0.1, 0.15) is 27.2 Å². The van der Waals surface area contributed by atoms with Gasteiger partial charge in [0.1, 0.15) is 0 Å². The second kappa shape index (κ2) is 5.96. The lowest BCUT2D eigenvalue weighted by atomic mass is 9.75. The van der Waals surface area contributed by atoms with E-state index in [-0.39, 0.29) is 17.4 Å². The highest BCUT2D eigenvalue weighted by molar-refractivity contribution is 7.84. The highest BCUT2D eigenvalue weighted by Gasteiger charge is 2.44. The van der Waals surface area contributed by atoms with Gasteiger partial charge in [0.05, 0.1) is 5.41 Å². The fraction of sp³-hybridized carbons (Fsp3) is 0.917. The second-order valence-electron chi connectivity index (χ2n) is 5.35. The van der Waals surface area contributed by atoms with Crippen LogP contribution in [-0.4, -0.2) is 41.3 Å². The number of amides is 1. The van der Waals surface area contributed by atoms with Crippen LogP contribution in [0.15, 0.2) is 0 Å². The van der Waals surface area contributed by atoms with E-state index in [9.17, 15) is 9.00 Å². The third-order valence-corrected chi connectivity index (χ3v) is 4.58. The molecule has 3 unspecified atom stereocenters. The molecule has 0 aliphatic carbocycles. The Kier molecular flexibility index (Phi) is 5.13. The first-order valence-corrected chi connectivity index (χ1v) is 7.93. The summed E-state index contributed by atoms with van der Waals surface area (Å²) >= 11 is 0. The van der Waals surface area contributed by atoms with E-state index in [0.717, 1.165) is 19.5 Å². The lowest BCUT2D eigenvalue weighted by molar-refractivity contribution is -0.132. The zero-order chi connectivity index (χ0) is 13.1. The van der Waals surface area contributed by atoms with Gasteiger partial charge in [-0.25, -0.2) is 0 Å². The number of hydrogen-bond acceptors (Lipinski definition) is 3. The molecule has 1 fully saturated rings. The standard InChI is InChI=1S/C12H24N2O2S/c1-9(2)12(5-6-13-8-12)11(15)14-10(3)7-17(4)16/h9-10,13H,5-8H2,1-4H3,(H,14,15). The van der Waals surface area contributed by atoms with Gasteiger partial charge in [-0.2, -0.15) is 0 Å². The van der Waals surface area contributed by atoms with E-state index in [4.69, 9.17) is 0 Å². The van der Waals surface area contributed by atoms with E-state index in [2.05, 4.69) is 24.5 Å². The van der Waals surface area contributed by atoms with Crippen molar-refractivity contribution < 1.29 is 9.00 Å². The minimum Gasteiger partial charge on any atom is -0.352 e. The van der Waals surface area contributed by atoms with Gasteiger partial charge in [-0.05, 0) is 25.8 Å². The Morgan fingerprint density at radius 1 is 1.47 bits per heavy atom. The topological polar surface area (TPSA) is 58.2 Å². The normalized spacial score (nSPS) is 28.1. The molecular formula is C12H24N2O2S. The fourth-order valence-electron chi connectivity index (χ4n) is 2.42. The predicted molar refractivity (Wildman–Crippen MR) is 71.3 cm³/mol. The van der Waals surface area contributed by atoms with E-state index in [1.54, 1.807) is 6.26 Å². The van der Waals surface area contributed by atoms with Gasteiger partial charge < -0.3 is 10.6 Å². The summed E-state index contributed by atoms with van der Waals surface area (Å²) in [5.41, 5.74) is -0.288. The van der Waals surface area contributed by atoms with Crippen LogP contribution in [0.3, 0.4) is 0 Å². The van der Waals surface area contributed by atoms with Crippen molar-refractivity contribution in [3.05, 3.63) is 0 Å². The molecule has 0 spiro atoms. The summed E-state index contributed by atoms with van der Waals surface area (Å²) in [7, 11) is -0.868. The van der Waals surface area contributed by atoms with Gasteiger partial charge in [0.15, 0.2) is 0 Å². The Hall–Kier alpha value is -0.420. The molecule has 0 aromatic rings. The average Bonchev–Trinajstić information content (AvgIpc) is 2.65. The van der Waals surface area contributed by atoms with Crippen LogP contribution in [0.25, 0.3) is 0 Å². The molecule has 5 heteroatoms. The lowest BCUT2D eigenvalue weighted by Crippen LogP contribution is -2.49. The van der Waals surface area contributed by atoms with Crippen molar-refractivity contribution in [1.82, 2.24) is 10.6 Å². The number of rotatable bonds is 5. The van der Waals surface area contributed by atoms with E-state index in [1.165, 1.54) is 0 Å². The fourth-order valence-corrected chi connectivity index (χ4v) is 3.21. The first-order valence-electron chi connectivity index (χ1n) is 6.20. The molecule has 0 aromatic heterocycles. The van der Waals surface area contributed by atoms with E-state index >= 15 is 0 Å². The molecular weight excluding hydrogens is 236 g/mol. The molecule has 1 saturated heterocycles. The third kappa shape index (κ3) is 3.52. The summed E-state index contributed by atoms with van der Waals surface area (Å²) in [5.74, 6) is 0.945. The first-order chi connectivity index (χ1) is 7.88. The summed E-state index contributed by atoms with van der Waals surface area (Å²) < 4.78 is 11.1. The zero-order valence-corrected chi connectivity index (χ0v) is 12.0. The third-order valence-electron chi connectivity index (χ3n) is 3.61. The van der Waals surface area contributed by atoms with Gasteiger partial charge in [-0.3, -0.25) is 9.00 Å². The number of hydrogen-bond donors (Lipinski definition) is 2. The number of nitrogens with one attached hydrogen (secondary N) is 2. The Morgan fingerprint density at radius 3 is 2.53 bits per heavy atom. The van der Waals surface area contributed by atoms with Crippen molar-refractivity contribution in [2.45, 2.75) is 33.2 Å². The molecule has 0 saturated carbocycles. The maximum absolute atomic E-state index is 12.4. The van der Waals surface area contributed by atoms with Gasteiger partial charge in [-0.15, -0.1) is 0 Å². The lowest BCUT2D eigenvalue weighted by Gasteiger charge is -2.32. The van der Waals surface area contributed by atoms with Crippen LogP contribution in [0.2, 0.25) is 0 Å². The minimum atomic E-state index is -0.868. The van der Waals surface area contributed by atoms with Gasteiger partial charge in [0.25, 0.3) is 0 Å². The monoisotopic (exact) mass is 260 g/mol. The molecule has 1 aliphatic rings. The Bertz CT molecular complexity index is 299. The zero-order valence-electron chi connectivity index (χ0n) is 11.2. The minimum absolute atomic E-state index is 0.0236. The first kappa shape index (κ1) is 14.6. The highest BCUT2D eigenvalue weighted by Crippen LogP contribution is 2.34. The van der Waals surface area contributed by atoms with Crippen molar-refractivity contribution in [1.29, 1.82) is 0 Å². The maximum Gasteiger partial charge on any atom is 0.228 e. The summed E-state index contributed by atoms with van der Waals surface area (Å²) in [6.07, 6.45) is 2.55. The molecule has 1 heterocycles. The van der Waals surface area contributed by atoms with Crippen LogP contribution in [0.4, 0.5) is 0 Å². The number of carbonyl (C=O) groups excluding carboxylic acids is 1. The average molecular weight is 260 g/mol. The molecule has 0 radical (unpaired) electrons. The van der Waals surface area contributed by atoms with Crippen molar-refractivity contribution in [2.24, 2.45) is 11.3 Å². The Balaban J connectivity index is 2.64. The van der Waals surface area contributed by atoms with Gasteiger partial charge in [0, 0.05) is 35.4 Å². The van der Waals surface area contributed by atoms with E-state index in [0.29, 0.717) is 11.7 Å². The van der Waals surface area contributed by atoms with E-state index in [1.807, 2.05) is 6.92 Å². The van der Waals surface area contributed by atoms with Crippen molar-refractivity contribution in [3.8, 4) is 0 Å². The number of carbonyl (C=O) groups is 1. The molecule has 0 aromatic carbocycles. The van der Waals surface area contributed by atoms with Gasteiger partial charge in [0.2, 0.25) is 5.91 Å². The molecule has 4 nitrogen and oxygen atoms in total. The molecule has 2 N–H and O–H groups in total. The highest BCUT2D eigenvalue weighted by atomic mass is 32.2. The van der Waals surface area contributed by atoms with Crippen molar-refractivity contribution >= 4 is 16.7 Å². The second-order valence-corrected chi connectivity index (χ2v) is 6.83. The summed E-state index contributed by atoms with van der Waals surface area (Å²) in [6, 6.07) is -0.0236. The van der Waals surface area contributed by atoms with Gasteiger partial charge in [-0.1, -0.05) is 13.8 Å². The van der Waals surface area contributed by atoms with Crippen LogP contribution in [0.5, 0.6) is 0 Å². The molecule has 1 amide bonds. The van der Waals surface area contributed by atoms with Crippen molar-refractivity contribution in [2.75, 3.05) is 25.1 Å². The summed E-state index contributed by atoms with van der Waals surface area (Å²) in [4.78, 5) is 12.4. The SMILES string of the molecule is CC(CS(C)=O)NC(=O)C1(C(C)C)CCNC1. The smallest absolute Gasteiger partial charge is 0.228 e. The quantitative estimate of drug-likeness (QED) is 0.757. The molecule has 1 rings (SSSR count). The molecule has 1 aliphatic heterocycles. The summed E-state index contributed by atoms with van der Waals surface area (Å²) in [6.45, 7) is 7.75. The molecule has 100 valence electrons. The van der Waals surface area contributed by atoms with Crippen LogP contribution in [0, 0.1) is 11.3 Å². The molecule has 17 heavy (non-hydrogen) atoms.